The molecule has 1 atom stereocenters. The molecule has 0 bridgehead atoms. The molecule has 8 heteroatoms. The summed E-state index contributed by atoms with van der Waals surface area (Å²) in [4.78, 5) is 37.1. The number of methoxy groups -OCH3 is 1. The monoisotopic (exact) mass is 457 g/mol. The highest BCUT2D eigenvalue weighted by Crippen LogP contribution is 2.39. The van der Waals surface area contributed by atoms with Crippen molar-refractivity contribution in [2.24, 2.45) is 0 Å². The summed E-state index contributed by atoms with van der Waals surface area (Å²) in [6.45, 7) is 8.64. The number of benzene rings is 1. The van der Waals surface area contributed by atoms with Crippen molar-refractivity contribution in [3.8, 4) is 5.75 Å². The number of amides is 1. The molecule has 3 aromatic rings. The average molecular weight is 458 g/mol. The minimum atomic E-state index is -0.274. The number of anilines is 1. The number of hydrogen-bond acceptors (Lipinski definition) is 6. The molecule has 0 saturated carbocycles. The predicted molar refractivity (Wildman–Crippen MR) is 129 cm³/mol. The van der Waals surface area contributed by atoms with Crippen LogP contribution in [0.25, 0.3) is 10.2 Å². The van der Waals surface area contributed by atoms with Crippen LogP contribution in [0.1, 0.15) is 40.7 Å². The lowest BCUT2D eigenvalue weighted by Gasteiger charge is -2.33. The van der Waals surface area contributed by atoms with E-state index in [-0.39, 0.29) is 16.7 Å². The minimum Gasteiger partial charge on any atom is -0.495 e. The molecule has 164 valence electrons. The Morgan fingerprint density at radius 3 is 2.87 bits per heavy atom. The number of nitrogens with one attached hydrogen (secondary N) is 1. The van der Waals surface area contributed by atoms with Gasteiger partial charge in [-0.2, -0.15) is 0 Å². The van der Waals surface area contributed by atoms with Gasteiger partial charge in [-0.05, 0) is 63.3 Å². The maximum Gasteiger partial charge on any atom is 0.259 e. The molecule has 4 rings (SSSR count). The maximum absolute atomic E-state index is 13.3. The normalized spacial score (nSPS) is 14.5. The van der Waals surface area contributed by atoms with Gasteiger partial charge in [0.25, 0.3) is 5.56 Å². The van der Waals surface area contributed by atoms with E-state index < -0.39 is 0 Å². The molecule has 0 fully saturated rings. The van der Waals surface area contributed by atoms with Crippen molar-refractivity contribution >= 4 is 44.9 Å². The molecule has 1 amide bonds. The SMILES string of the molecule is COc1ccc(C)c2c1N(C(=O)C(C)SCc1nc3sc(C)c(C)c3c(=O)[nH]1)CCC2. The fourth-order valence-electron chi connectivity index (χ4n) is 4.10. The smallest absolute Gasteiger partial charge is 0.259 e. The minimum absolute atomic E-state index is 0.0566. The van der Waals surface area contributed by atoms with Crippen LogP contribution in [-0.2, 0) is 17.0 Å². The molecule has 1 N–H and O–H groups in total. The third kappa shape index (κ3) is 3.99. The summed E-state index contributed by atoms with van der Waals surface area (Å²) in [6.07, 6.45) is 1.89. The molecule has 1 aromatic carbocycles. The highest BCUT2D eigenvalue weighted by atomic mass is 32.2. The van der Waals surface area contributed by atoms with E-state index in [2.05, 4.69) is 23.0 Å². The number of thioether (sulfide) groups is 1. The fourth-order valence-corrected chi connectivity index (χ4v) is 5.96. The molecule has 3 heterocycles. The van der Waals surface area contributed by atoms with Crippen LogP contribution < -0.4 is 15.2 Å². The van der Waals surface area contributed by atoms with E-state index >= 15 is 0 Å². The Kier molecular flexibility index (Phi) is 6.12. The molecule has 1 aliphatic rings. The second kappa shape index (κ2) is 8.67. The first-order valence-corrected chi connectivity index (χ1v) is 12.3. The van der Waals surface area contributed by atoms with Gasteiger partial charge >= 0.3 is 0 Å². The number of ether oxygens (including phenoxy) is 1. The second-order valence-electron chi connectivity index (χ2n) is 7.93. The molecule has 0 radical (unpaired) electrons. The number of carbonyl (C=O) groups excluding carboxylic acids is 1. The standard InChI is InChI=1S/C23H27N3O3S2/c1-12-8-9-17(29-5)20-16(12)7-6-10-26(20)23(28)15(4)30-11-18-24-21(27)19-13(2)14(3)31-22(19)25-18/h8-9,15H,6-7,10-11H2,1-5H3,(H,24,25,27). The van der Waals surface area contributed by atoms with Crippen LogP contribution in [0.5, 0.6) is 5.75 Å². The number of hydrogen-bond donors (Lipinski definition) is 1. The van der Waals surface area contributed by atoms with E-state index in [4.69, 9.17) is 4.74 Å². The Bertz CT molecular complexity index is 1210. The lowest BCUT2D eigenvalue weighted by Crippen LogP contribution is -2.40. The van der Waals surface area contributed by atoms with Crippen molar-refractivity contribution in [2.45, 2.75) is 51.5 Å². The van der Waals surface area contributed by atoms with Gasteiger partial charge in [0.2, 0.25) is 5.91 Å². The van der Waals surface area contributed by atoms with Crippen LogP contribution in [0.3, 0.4) is 0 Å². The Morgan fingerprint density at radius 1 is 1.35 bits per heavy atom. The van der Waals surface area contributed by atoms with Crippen molar-refractivity contribution < 1.29 is 9.53 Å². The lowest BCUT2D eigenvalue weighted by molar-refractivity contribution is -0.117. The van der Waals surface area contributed by atoms with Crippen LogP contribution >= 0.6 is 23.1 Å². The topological polar surface area (TPSA) is 75.3 Å². The van der Waals surface area contributed by atoms with Crippen LogP contribution in [0, 0.1) is 20.8 Å². The van der Waals surface area contributed by atoms with Crippen molar-refractivity contribution in [1.29, 1.82) is 0 Å². The van der Waals surface area contributed by atoms with E-state index in [0.29, 0.717) is 23.5 Å². The summed E-state index contributed by atoms with van der Waals surface area (Å²) >= 11 is 3.03. The summed E-state index contributed by atoms with van der Waals surface area (Å²) in [7, 11) is 1.65. The molecular formula is C23H27N3O3S2. The van der Waals surface area contributed by atoms with Crippen LogP contribution in [-0.4, -0.2) is 34.8 Å². The van der Waals surface area contributed by atoms with E-state index in [0.717, 1.165) is 39.5 Å². The van der Waals surface area contributed by atoms with E-state index in [1.54, 1.807) is 7.11 Å². The molecule has 1 aliphatic heterocycles. The van der Waals surface area contributed by atoms with Gasteiger partial charge in [-0.3, -0.25) is 9.59 Å². The van der Waals surface area contributed by atoms with Gasteiger partial charge in [-0.15, -0.1) is 23.1 Å². The van der Waals surface area contributed by atoms with Crippen molar-refractivity contribution in [1.82, 2.24) is 9.97 Å². The van der Waals surface area contributed by atoms with Crippen molar-refractivity contribution in [3.63, 3.8) is 0 Å². The van der Waals surface area contributed by atoms with E-state index in [1.807, 2.05) is 31.7 Å². The maximum atomic E-state index is 13.3. The highest BCUT2D eigenvalue weighted by Gasteiger charge is 2.30. The van der Waals surface area contributed by atoms with Gasteiger partial charge in [0.15, 0.2) is 0 Å². The zero-order valence-corrected chi connectivity index (χ0v) is 20.1. The first-order valence-electron chi connectivity index (χ1n) is 10.4. The second-order valence-corrected chi connectivity index (χ2v) is 10.5. The Labute approximate surface area is 190 Å². The molecule has 0 saturated heterocycles. The third-order valence-corrected chi connectivity index (χ3v) is 8.19. The highest BCUT2D eigenvalue weighted by molar-refractivity contribution is 7.99. The number of thiophene rings is 1. The van der Waals surface area contributed by atoms with Crippen LogP contribution in [0.4, 0.5) is 5.69 Å². The van der Waals surface area contributed by atoms with E-state index in [9.17, 15) is 9.59 Å². The Balaban J connectivity index is 1.54. The van der Waals surface area contributed by atoms with Gasteiger partial charge in [0.05, 0.1) is 29.2 Å². The average Bonchev–Trinajstić information content (AvgIpc) is 3.05. The zero-order chi connectivity index (χ0) is 22.3. The summed E-state index contributed by atoms with van der Waals surface area (Å²) in [5.74, 6) is 1.88. The van der Waals surface area contributed by atoms with Crippen LogP contribution in [0.2, 0.25) is 0 Å². The number of nitrogens with zero attached hydrogens (tertiary/aromatic N) is 2. The van der Waals surface area contributed by atoms with Gasteiger partial charge in [-0.25, -0.2) is 4.98 Å². The number of aromatic nitrogens is 2. The van der Waals surface area contributed by atoms with Crippen molar-refractivity contribution in [3.05, 3.63) is 49.9 Å². The van der Waals surface area contributed by atoms with Gasteiger partial charge in [0.1, 0.15) is 16.4 Å². The van der Waals surface area contributed by atoms with E-state index in [1.165, 1.54) is 34.2 Å². The number of H-pyrrole nitrogens is 1. The summed E-state index contributed by atoms with van der Waals surface area (Å²) in [5.41, 5.74) is 4.17. The molecular weight excluding hydrogens is 430 g/mol. The first-order chi connectivity index (χ1) is 14.8. The Hall–Kier alpha value is -2.32. The molecule has 0 spiro atoms. The molecule has 1 unspecified atom stereocenters. The lowest BCUT2D eigenvalue weighted by atomic mass is 9.96. The predicted octanol–water partition coefficient (Wildman–Crippen LogP) is 4.52. The number of aryl methyl sites for hydroxylation is 3. The molecule has 0 aliphatic carbocycles. The Morgan fingerprint density at radius 2 is 2.13 bits per heavy atom. The zero-order valence-electron chi connectivity index (χ0n) is 18.5. The summed E-state index contributed by atoms with van der Waals surface area (Å²) in [5, 5.41) is 0.400. The number of rotatable bonds is 5. The van der Waals surface area contributed by atoms with Gasteiger partial charge in [-0.1, -0.05) is 6.07 Å². The largest absolute Gasteiger partial charge is 0.495 e. The first kappa shape index (κ1) is 21.9. The molecule has 6 nitrogen and oxygen atoms in total. The van der Waals surface area contributed by atoms with Gasteiger partial charge in [0, 0.05) is 11.4 Å². The summed E-state index contributed by atoms with van der Waals surface area (Å²) < 4.78 is 5.57. The van der Waals surface area contributed by atoms with Crippen LogP contribution in [0.15, 0.2) is 16.9 Å². The van der Waals surface area contributed by atoms with Gasteiger partial charge < -0.3 is 14.6 Å². The quantitative estimate of drug-likeness (QED) is 0.610. The fraction of sp³-hybridized carbons (Fsp3) is 0.435. The number of carbonyl (C=O) groups is 1. The third-order valence-electron chi connectivity index (χ3n) is 5.95. The number of aromatic amines is 1. The summed E-state index contributed by atoms with van der Waals surface area (Å²) in [6, 6.07) is 3.99. The number of fused-ring (bicyclic) bond motifs is 2. The molecule has 31 heavy (non-hydrogen) atoms. The van der Waals surface area contributed by atoms with Crippen molar-refractivity contribution in [2.75, 3.05) is 18.6 Å². The molecule has 2 aromatic heterocycles.